The van der Waals surface area contributed by atoms with Gasteiger partial charge in [-0.1, -0.05) is 0 Å². The van der Waals surface area contributed by atoms with Crippen molar-refractivity contribution in [1.82, 2.24) is 0 Å². The number of methoxy groups -OCH3 is 2. The molecule has 0 aliphatic heterocycles. The van der Waals surface area contributed by atoms with Gasteiger partial charge in [-0.05, 0) is 29.5 Å². The molecule has 0 unspecified atom stereocenters. The summed E-state index contributed by atoms with van der Waals surface area (Å²) in [6.07, 6.45) is 0.822. The van der Waals surface area contributed by atoms with Crippen molar-refractivity contribution in [3.05, 3.63) is 20.8 Å². The average Bonchev–Trinajstić information content (AvgIpc) is 2.19. The van der Waals surface area contributed by atoms with Gasteiger partial charge in [0.1, 0.15) is 11.5 Å². The van der Waals surface area contributed by atoms with Crippen LogP contribution in [0.5, 0.6) is 11.5 Å². The number of ether oxygens (including phenoxy) is 2. The molecule has 0 aliphatic rings. The maximum atomic E-state index is 10.9. The van der Waals surface area contributed by atoms with Crippen molar-refractivity contribution in [3.8, 4) is 11.5 Å². The van der Waals surface area contributed by atoms with Gasteiger partial charge < -0.3 is 9.47 Å². The third-order valence-electron chi connectivity index (χ3n) is 2.05. The molecule has 76 valence electrons. The van der Waals surface area contributed by atoms with Crippen LogP contribution in [-0.4, -0.2) is 20.5 Å². The van der Waals surface area contributed by atoms with Crippen molar-refractivity contribution in [1.29, 1.82) is 0 Å². The maximum absolute atomic E-state index is 10.9. The molecule has 0 saturated carbocycles. The Morgan fingerprint density at radius 2 is 1.86 bits per heavy atom. The minimum Gasteiger partial charge on any atom is -0.496 e. The fourth-order valence-electron chi connectivity index (χ4n) is 1.22. The number of hydrogen-bond donors (Lipinski definition) is 0. The second-order valence-electron chi connectivity index (χ2n) is 2.75. The van der Waals surface area contributed by atoms with Crippen LogP contribution in [0.3, 0.4) is 0 Å². The summed E-state index contributed by atoms with van der Waals surface area (Å²) in [6.45, 7) is 1.85. The number of rotatable bonds is 3. The van der Waals surface area contributed by atoms with Gasteiger partial charge in [0.05, 0.1) is 17.8 Å². The van der Waals surface area contributed by atoms with E-state index in [-0.39, 0.29) is 0 Å². The number of carbonyl (C=O) groups excluding carboxylic acids is 1. The van der Waals surface area contributed by atoms with Crippen molar-refractivity contribution < 1.29 is 14.3 Å². The molecular weight excluding hydrogens is 295 g/mol. The van der Waals surface area contributed by atoms with Gasteiger partial charge in [-0.3, -0.25) is 4.79 Å². The smallest absolute Gasteiger partial charge is 0.151 e. The number of aldehydes is 1. The van der Waals surface area contributed by atoms with E-state index in [9.17, 15) is 4.79 Å². The van der Waals surface area contributed by atoms with E-state index < -0.39 is 0 Å². The van der Waals surface area contributed by atoms with Crippen LogP contribution in [0.2, 0.25) is 0 Å². The zero-order valence-electron chi connectivity index (χ0n) is 8.26. The number of hydrogen-bond acceptors (Lipinski definition) is 3. The van der Waals surface area contributed by atoms with Gasteiger partial charge in [-0.25, -0.2) is 0 Å². The molecule has 3 nitrogen and oxygen atoms in total. The van der Waals surface area contributed by atoms with Gasteiger partial charge in [0.2, 0.25) is 0 Å². The van der Waals surface area contributed by atoms with Crippen molar-refractivity contribution in [2.24, 2.45) is 0 Å². The lowest BCUT2D eigenvalue weighted by molar-refractivity contribution is 0.112. The lowest BCUT2D eigenvalue weighted by atomic mass is 10.1. The van der Waals surface area contributed by atoms with Crippen LogP contribution in [0, 0.1) is 10.5 Å². The molecule has 0 radical (unpaired) electrons. The molecule has 1 aromatic rings. The summed E-state index contributed by atoms with van der Waals surface area (Å²) < 4.78 is 11.1. The molecule has 0 aromatic heterocycles. The van der Waals surface area contributed by atoms with E-state index in [2.05, 4.69) is 22.6 Å². The Morgan fingerprint density at radius 3 is 2.29 bits per heavy atom. The Morgan fingerprint density at radius 1 is 1.29 bits per heavy atom. The first-order valence-electron chi connectivity index (χ1n) is 4.02. The molecular formula is C10H11IO3. The molecule has 0 saturated heterocycles. The third-order valence-corrected chi connectivity index (χ3v) is 3.16. The van der Waals surface area contributed by atoms with Gasteiger partial charge in [-0.2, -0.15) is 0 Å². The highest BCUT2D eigenvalue weighted by Crippen LogP contribution is 2.32. The maximum Gasteiger partial charge on any atom is 0.151 e. The summed E-state index contributed by atoms with van der Waals surface area (Å²) in [5, 5.41) is 0. The van der Waals surface area contributed by atoms with Crippen LogP contribution in [0.15, 0.2) is 6.07 Å². The molecule has 1 rings (SSSR count). The van der Waals surface area contributed by atoms with Crippen molar-refractivity contribution in [2.45, 2.75) is 6.92 Å². The number of benzene rings is 1. The van der Waals surface area contributed by atoms with E-state index in [4.69, 9.17) is 9.47 Å². The number of halogens is 1. The Hall–Kier alpha value is -0.780. The van der Waals surface area contributed by atoms with Crippen LogP contribution in [-0.2, 0) is 0 Å². The first-order valence-corrected chi connectivity index (χ1v) is 5.09. The van der Waals surface area contributed by atoms with Crippen molar-refractivity contribution in [3.63, 3.8) is 0 Å². The lowest BCUT2D eigenvalue weighted by Gasteiger charge is -2.12. The largest absolute Gasteiger partial charge is 0.496 e. The number of carbonyl (C=O) groups is 1. The summed E-state index contributed by atoms with van der Waals surface area (Å²) in [7, 11) is 3.14. The monoisotopic (exact) mass is 306 g/mol. The molecule has 4 heteroatoms. The van der Waals surface area contributed by atoms with Crippen LogP contribution in [0.1, 0.15) is 15.9 Å². The molecule has 0 atom stereocenters. The summed E-state index contributed by atoms with van der Waals surface area (Å²) >= 11 is 2.09. The van der Waals surface area contributed by atoms with E-state index in [0.29, 0.717) is 17.1 Å². The topological polar surface area (TPSA) is 35.5 Å². The zero-order chi connectivity index (χ0) is 10.7. The standard InChI is InChI=1S/C10H11IO3/c1-6-7(5-12)10(11)9(14-3)4-8(6)13-2/h4-5H,1-3H3. The Balaban J connectivity index is 3.46. The predicted octanol–water partition coefficient (Wildman–Crippen LogP) is 2.43. The quantitative estimate of drug-likeness (QED) is 0.635. The van der Waals surface area contributed by atoms with Crippen LogP contribution < -0.4 is 9.47 Å². The molecule has 0 aliphatic carbocycles. The van der Waals surface area contributed by atoms with Gasteiger partial charge in [-0.15, -0.1) is 0 Å². The minimum atomic E-state index is 0.627. The molecule has 0 N–H and O–H groups in total. The molecule has 0 spiro atoms. The summed E-state index contributed by atoms with van der Waals surface area (Å²) in [5.74, 6) is 1.33. The Bertz CT molecular complexity index is 333. The summed E-state index contributed by atoms with van der Waals surface area (Å²) in [4.78, 5) is 10.9. The summed E-state index contributed by atoms with van der Waals surface area (Å²) in [6, 6.07) is 1.78. The molecule has 1 aromatic carbocycles. The fourth-order valence-corrected chi connectivity index (χ4v) is 2.13. The van der Waals surface area contributed by atoms with E-state index in [1.165, 1.54) is 0 Å². The van der Waals surface area contributed by atoms with E-state index in [1.807, 2.05) is 6.92 Å². The minimum absolute atomic E-state index is 0.627. The third kappa shape index (κ3) is 1.84. The zero-order valence-corrected chi connectivity index (χ0v) is 10.4. The highest BCUT2D eigenvalue weighted by molar-refractivity contribution is 14.1. The van der Waals surface area contributed by atoms with E-state index in [1.54, 1.807) is 20.3 Å². The molecule has 0 amide bonds. The van der Waals surface area contributed by atoms with Gasteiger partial charge in [0.25, 0.3) is 0 Å². The van der Waals surface area contributed by atoms with Crippen molar-refractivity contribution >= 4 is 28.9 Å². The highest BCUT2D eigenvalue weighted by Gasteiger charge is 2.13. The second kappa shape index (κ2) is 4.63. The SMILES string of the molecule is COc1cc(OC)c(I)c(C=O)c1C. The fraction of sp³-hybridized carbons (Fsp3) is 0.300. The Kier molecular flexibility index (Phi) is 3.74. The second-order valence-corrected chi connectivity index (χ2v) is 3.83. The Labute approximate surface area is 96.5 Å². The van der Waals surface area contributed by atoms with Crippen LogP contribution >= 0.6 is 22.6 Å². The van der Waals surface area contributed by atoms with Gasteiger partial charge in [0.15, 0.2) is 6.29 Å². The van der Waals surface area contributed by atoms with Crippen LogP contribution in [0.25, 0.3) is 0 Å². The average molecular weight is 306 g/mol. The lowest BCUT2D eigenvalue weighted by Crippen LogP contribution is -1.99. The van der Waals surface area contributed by atoms with Gasteiger partial charge >= 0.3 is 0 Å². The van der Waals surface area contributed by atoms with Crippen molar-refractivity contribution in [2.75, 3.05) is 14.2 Å². The first kappa shape index (κ1) is 11.3. The van der Waals surface area contributed by atoms with E-state index >= 15 is 0 Å². The molecule has 0 heterocycles. The molecule has 14 heavy (non-hydrogen) atoms. The predicted molar refractivity (Wildman–Crippen MR) is 62.4 cm³/mol. The first-order chi connectivity index (χ1) is 6.65. The molecule has 0 bridgehead atoms. The highest BCUT2D eigenvalue weighted by atomic mass is 127. The van der Waals surface area contributed by atoms with E-state index in [0.717, 1.165) is 15.4 Å². The summed E-state index contributed by atoms with van der Waals surface area (Å²) in [5.41, 5.74) is 1.47. The van der Waals surface area contributed by atoms with Crippen LogP contribution in [0.4, 0.5) is 0 Å². The van der Waals surface area contributed by atoms with Gasteiger partial charge in [0, 0.05) is 17.2 Å². The molecule has 0 fully saturated rings. The normalized spacial score (nSPS) is 9.71.